The van der Waals surface area contributed by atoms with Crippen LogP contribution in [-0.2, 0) is 10.8 Å². The van der Waals surface area contributed by atoms with Gasteiger partial charge in [-0.15, -0.1) is 0 Å². The lowest BCUT2D eigenvalue weighted by molar-refractivity contribution is 0.196. The number of fused-ring (bicyclic) bond motifs is 1. The van der Waals surface area contributed by atoms with Crippen molar-refractivity contribution >= 4 is 21.6 Å². The van der Waals surface area contributed by atoms with E-state index in [1.54, 1.807) is 6.92 Å². The summed E-state index contributed by atoms with van der Waals surface area (Å²) < 4.78 is 14.3. The fourth-order valence-electron chi connectivity index (χ4n) is 4.00. The van der Waals surface area contributed by atoms with Crippen LogP contribution in [0.25, 0.3) is 10.8 Å². The first-order valence-corrected chi connectivity index (χ1v) is 12.1. The molecule has 0 heterocycles. The van der Waals surface area contributed by atoms with Gasteiger partial charge in [-0.05, 0) is 57.7 Å². The summed E-state index contributed by atoms with van der Waals surface area (Å²) in [6, 6.07) is 16.4. The quantitative estimate of drug-likeness (QED) is 0.448. The van der Waals surface area contributed by atoms with Crippen molar-refractivity contribution in [3.05, 3.63) is 70.8 Å². The highest BCUT2D eigenvalue weighted by atomic mass is 32.2. The van der Waals surface area contributed by atoms with Crippen LogP contribution in [0.1, 0.15) is 94.6 Å². The molecule has 0 aliphatic rings. The van der Waals surface area contributed by atoms with Crippen molar-refractivity contribution in [3.8, 4) is 0 Å². The van der Waals surface area contributed by atoms with E-state index in [4.69, 9.17) is 0 Å². The molecule has 0 aromatic heterocycles. The molecule has 2 nitrogen and oxygen atoms in total. The summed E-state index contributed by atoms with van der Waals surface area (Å²) in [5.74, 6) is 0.920. The number of benzene rings is 3. The summed E-state index contributed by atoms with van der Waals surface area (Å²) in [7, 11) is -1.40. The third-order valence-electron chi connectivity index (χ3n) is 5.81. The Morgan fingerprint density at radius 1 is 0.700 bits per heavy atom. The largest absolute Gasteiger partial charge is 0.389 e. The Balaban J connectivity index is 2.39. The summed E-state index contributed by atoms with van der Waals surface area (Å²) in [6.07, 6.45) is -0.687. The minimum absolute atomic E-state index is 0.255. The minimum atomic E-state index is -1.40. The molecule has 3 aromatic carbocycles. The second-order valence-electron chi connectivity index (χ2n) is 9.14. The minimum Gasteiger partial charge on any atom is -0.389 e. The summed E-state index contributed by atoms with van der Waals surface area (Å²) in [4.78, 5) is 1.66. The lowest BCUT2D eigenvalue weighted by Crippen LogP contribution is -2.11. The van der Waals surface area contributed by atoms with Crippen LogP contribution in [0.15, 0.2) is 58.3 Å². The molecule has 0 aliphatic heterocycles. The van der Waals surface area contributed by atoms with Crippen molar-refractivity contribution in [1.29, 1.82) is 0 Å². The van der Waals surface area contributed by atoms with Crippen LogP contribution in [-0.4, -0.2) is 9.32 Å². The van der Waals surface area contributed by atoms with Gasteiger partial charge in [0.05, 0.1) is 26.7 Å². The van der Waals surface area contributed by atoms with Crippen molar-refractivity contribution in [2.24, 2.45) is 0 Å². The van der Waals surface area contributed by atoms with E-state index in [1.807, 2.05) is 36.4 Å². The van der Waals surface area contributed by atoms with Gasteiger partial charge in [0.2, 0.25) is 0 Å². The predicted molar refractivity (Wildman–Crippen MR) is 128 cm³/mol. The zero-order chi connectivity index (χ0) is 22.2. The topological polar surface area (TPSA) is 37.3 Å². The maximum atomic E-state index is 14.3. The average molecular weight is 423 g/mol. The molecular formula is C27H34O2S. The Labute approximate surface area is 183 Å². The highest BCUT2D eigenvalue weighted by Gasteiger charge is 2.26. The Morgan fingerprint density at radius 2 is 1.27 bits per heavy atom. The summed E-state index contributed by atoms with van der Waals surface area (Å²) in [5, 5.41) is 12.5. The van der Waals surface area contributed by atoms with E-state index in [2.05, 4.69) is 53.7 Å². The second kappa shape index (κ2) is 9.03. The fourth-order valence-corrected chi connectivity index (χ4v) is 6.06. The van der Waals surface area contributed by atoms with Gasteiger partial charge in [-0.25, -0.2) is 4.21 Å². The molecule has 0 bridgehead atoms. The summed E-state index contributed by atoms with van der Waals surface area (Å²) >= 11 is 0. The third-order valence-corrected chi connectivity index (χ3v) is 7.48. The molecule has 0 spiro atoms. The van der Waals surface area contributed by atoms with E-state index in [0.717, 1.165) is 37.3 Å². The molecule has 0 radical (unpaired) electrons. The van der Waals surface area contributed by atoms with Gasteiger partial charge in [0.1, 0.15) is 0 Å². The standard InChI is InChI=1S/C27H34O2S/c1-16(2)21-14-24(17(3)4)27(25(15-21)18(5)6)30(29)26-22(19(7)28)13-12-20-10-8-9-11-23(20)26/h8-19,28H,1-7H3/t19-,30?/m1/s1. The van der Waals surface area contributed by atoms with Gasteiger partial charge in [0.15, 0.2) is 0 Å². The molecule has 0 saturated heterocycles. The van der Waals surface area contributed by atoms with Gasteiger partial charge in [-0.2, -0.15) is 0 Å². The Bertz CT molecular complexity index is 1050. The van der Waals surface area contributed by atoms with Crippen LogP contribution >= 0.6 is 0 Å². The van der Waals surface area contributed by atoms with Crippen molar-refractivity contribution in [2.45, 2.75) is 82.1 Å². The second-order valence-corrected chi connectivity index (χ2v) is 10.5. The zero-order valence-electron chi connectivity index (χ0n) is 19.2. The van der Waals surface area contributed by atoms with E-state index < -0.39 is 16.9 Å². The van der Waals surface area contributed by atoms with Crippen LogP contribution < -0.4 is 0 Å². The van der Waals surface area contributed by atoms with Crippen LogP contribution in [0.4, 0.5) is 0 Å². The van der Waals surface area contributed by atoms with Crippen molar-refractivity contribution in [2.75, 3.05) is 0 Å². The van der Waals surface area contributed by atoms with Crippen LogP contribution in [0.2, 0.25) is 0 Å². The number of hydrogen-bond donors (Lipinski definition) is 1. The Kier molecular flexibility index (Phi) is 6.84. The number of aliphatic hydroxyl groups is 1. The first-order chi connectivity index (χ1) is 14.1. The molecule has 0 saturated carbocycles. The first kappa shape index (κ1) is 22.7. The van der Waals surface area contributed by atoms with E-state index in [9.17, 15) is 9.32 Å². The lowest BCUT2D eigenvalue weighted by atomic mass is 9.89. The molecule has 1 N–H and O–H groups in total. The molecule has 3 aromatic rings. The SMILES string of the molecule is CC(C)c1cc(C(C)C)c(S(=O)c2c([C@@H](C)O)ccc3ccccc23)c(C(C)C)c1. The Morgan fingerprint density at radius 3 is 1.77 bits per heavy atom. The maximum absolute atomic E-state index is 14.3. The zero-order valence-corrected chi connectivity index (χ0v) is 20.0. The smallest absolute Gasteiger partial charge is 0.0865 e. The van der Waals surface area contributed by atoms with Gasteiger partial charge < -0.3 is 5.11 Å². The normalized spacial score (nSPS) is 14.1. The molecule has 3 heteroatoms. The highest BCUT2D eigenvalue weighted by molar-refractivity contribution is 7.85. The van der Waals surface area contributed by atoms with E-state index in [0.29, 0.717) is 5.92 Å². The van der Waals surface area contributed by atoms with Crippen molar-refractivity contribution in [3.63, 3.8) is 0 Å². The fraction of sp³-hybridized carbons (Fsp3) is 0.407. The van der Waals surface area contributed by atoms with Gasteiger partial charge in [-0.3, -0.25) is 0 Å². The third kappa shape index (κ3) is 4.24. The summed E-state index contributed by atoms with van der Waals surface area (Å²) in [6.45, 7) is 14.8. The molecular weight excluding hydrogens is 388 g/mol. The highest BCUT2D eigenvalue weighted by Crippen LogP contribution is 2.39. The van der Waals surface area contributed by atoms with Crippen LogP contribution in [0.5, 0.6) is 0 Å². The molecule has 2 atom stereocenters. The molecule has 160 valence electrons. The lowest BCUT2D eigenvalue weighted by Gasteiger charge is -2.24. The van der Waals surface area contributed by atoms with Gasteiger partial charge in [-0.1, -0.05) is 90.1 Å². The first-order valence-electron chi connectivity index (χ1n) is 10.9. The van der Waals surface area contributed by atoms with E-state index in [1.165, 1.54) is 5.56 Å². The van der Waals surface area contributed by atoms with Gasteiger partial charge in [0, 0.05) is 0 Å². The van der Waals surface area contributed by atoms with Crippen molar-refractivity contribution in [1.82, 2.24) is 0 Å². The van der Waals surface area contributed by atoms with E-state index >= 15 is 0 Å². The molecule has 0 aliphatic carbocycles. The predicted octanol–water partition coefficient (Wildman–Crippen LogP) is 7.43. The maximum Gasteiger partial charge on any atom is 0.0865 e. The van der Waals surface area contributed by atoms with Gasteiger partial charge >= 0.3 is 0 Å². The Hall–Kier alpha value is -1.97. The molecule has 3 rings (SSSR count). The monoisotopic (exact) mass is 422 g/mol. The van der Waals surface area contributed by atoms with Crippen LogP contribution in [0, 0.1) is 0 Å². The van der Waals surface area contributed by atoms with Crippen LogP contribution in [0.3, 0.4) is 0 Å². The molecule has 0 fully saturated rings. The molecule has 0 amide bonds. The van der Waals surface area contributed by atoms with Crippen molar-refractivity contribution < 1.29 is 9.32 Å². The summed E-state index contributed by atoms with van der Waals surface area (Å²) in [5.41, 5.74) is 4.32. The number of rotatable bonds is 6. The molecule has 30 heavy (non-hydrogen) atoms. The van der Waals surface area contributed by atoms with Gasteiger partial charge in [0.25, 0.3) is 0 Å². The molecule has 1 unspecified atom stereocenters. The number of hydrogen-bond acceptors (Lipinski definition) is 2. The average Bonchev–Trinajstić information content (AvgIpc) is 2.70. The number of aliphatic hydroxyl groups excluding tert-OH is 1. The van der Waals surface area contributed by atoms with E-state index in [-0.39, 0.29) is 11.8 Å².